The summed E-state index contributed by atoms with van der Waals surface area (Å²) in [5, 5.41) is 0. The van der Waals surface area contributed by atoms with Crippen LogP contribution in [0, 0.1) is 0 Å². The number of carbonyl (C=O) groups is 3. The highest BCUT2D eigenvalue weighted by Gasteiger charge is 2.19. The van der Waals surface area contributed by atoms with Crippen molar-refractivity contribution < 1.29 is 28.6 Å². The molecule has 0 bridgehead atoms. The topological polar surface area (TPSA) is 78.9 Å². The summed E-state index contributed by atoms with van der Waals surface area (Å²) < 4.78 is 17.0. The normalized spacial score (nSPS) is 12.3. The molecule has 0 spiro atoms. The zero-order chi connectivity index (χ0) is 58.5. The van der Waals surface area contributed by atoms with Gasteiger partial charge in [-0.1, -0.05) is 345 Å². The smallest absolute Gasteiger partial charge is 0.306 e. The average molecular weight is 1140 g/mol. The van der Waals surface area contributed by atoms with Gasteiger partial charge in [0.05, 0.1) is 0 Å². The molecular weight excluding hydrogens is 997 g/mol. The van der Waals surface area contributed by atoms with E-state index in [9.17, 15) is 14.4 Å². The highest BCUT2D eigenvalue weighted by molar-refractivity contribution is 5.71. The molecule has 0 rings (SSSR count). The van der Waals surface area contributed by atoms with Gasteiger partial charge in [0.2, 0.25) is 0 Å². The minimum atomic E-state index is -0.783. The zero-order valence-electron chi connectivity index (χ0n) is 54.6. The summed E-state index contributed by atoms with van der Waals surface area (Å²) in [7, 11) is 0. The molecule has 81 heavy (non-hydrogen) atoms. The fraction of sp³-hybridized carbons (Fsp3) is 0.853. The quantitative estimate of drug-likeness (QED) is 0.0261. The van der Waals surface area contributed by atoms with Crippen LogP contribution in [0.25, 0.3) is 0 Å². The molecule has 0 aromatic heterocycles. The maximum atomic E-state index is 12.9. The predicted octanol–water partition coefficient (Wildman–Crippen LogP) is 24.9. The molecule has 0 heterocycles. The van der Waals surface area contributed by atoms with Crippen molar-refractivity contribution >= 4 is 17.9 Å². The first-order valence-corrected chi connectivity index (χ1v) is 36.1. The van der Waals surface area contributed by atoms with Gasteiger partial charge in [-0.15, -0.1) is 0 Å². The van der Waals surface area contributed by atoms with E-state index in [4.69, 9.17) is 14.2 Å². The number of ether oxygens (including phenoxy) is 3. The maximum Gasteiger partial charge on any atom is 0.306 e. The molecule has 0 aliphatic heterocycles. The Morgan fingerprint density at radius 1 is 0.247 bits per heavy atom. The van der Waals surface area contributed by atoms with Crippen LogP contribution in [-0.4, -0.2) is 37.2 Å². The van der Waals surface area contributed by atoms with E-state index in [2.05, 4.69) is 69.4 Å². The van der Waals surface area contributed by atoms with Crippen molar-refractivity contribution in [2.75, 3.05) is 13.2 Å². The van der Waals surface area contributed by atoms with Gasteiger partial charge in [0, 0.05) is 19.3 Å². The molecule has 0 N–H and O–H groups in total. The summed E-state index contributed by atoms with van der Waals surface area (Å²) in [5.41, 5.74) is 0. The second kappa shape index (κ2) is 69.9. The van der Waals surface area contributed by atoms with Crippen LogP contribution >= 0.6 is 0 Å². The predicted molar refractivity (Wildman–Crippen MR) is 353 cm³/mol. The van der Waals surface area contributed by atoms with Crippen molar-refractivity contribution in [1.29, 1.82) is 0 Å². The van der Waals surface area contributed by atoms with Crippen LogP contribution < -0.4 is 0 Å². The van der Waals surface area contributed by atoms with Crippen LogP contribution in [0.2, 0.25) is 0 Å². The Morgan fingerprint density at radius 3 is 0.728 bits per heavy atom. The molecule has 1 unspecified atom stereocenters. The molecule has 1 atom stereocenters. The number of carbonyl (C=O) groups excluding carboxylic acids is 3. The minimum absolute atomic E-state index is 0.0773. The summed E-state index contributed by atoms with van der Waals surface area (Å²) >= 11 is 0. The second-order valence-electron chi connectivity index (χ2n) is 24.5. The minimum Gasteiger partial charge on any atom is -0.462 e. The van der Waals surface area contributed by atoms with Crippen molar-refractivity contribution in [2.45, 2.75) is 399 Å². The van der Waals surface area contributed by atoms with Gasteiger partial charge in [0.25, 0.3) is 0 Å². The third-order valence-corrected chi connectivity index (χ3v) is 16.3. The number of esters is 3. The third kappa shape index (κ3) is 68.0. The van der Waals surface area contributed by atoms with Gasteiger partial charge < -0.3 is 14.2 Å². The van der Waals surface area contributed by atoms with Gasteiger partial charge in [-0.25, -0.2) is 0 Å². The van der Waals surface area contributed by atoms with Gasteiger partial charge >= 0.3 is 17.9 Å². The molecule has 6 nitrogen and oxygen atoms in total. The summed E-state index contributed by atoms with van der Waals surface area (Å²) in [5.74, 6) is -0.876. The number of hydrogen-bond acceptors (Lipinski definition) is 6. The maximum absolute atomic E-state index is 12.9. The Morgan fingerprint density at radius 2 is 0.457 bits per heavy atom. The molecule has 0 saturated heterocycles. The van der Waals surface area contributed by atoms with Crippen molar-refractivity contribution in [3.8, 4) is 0 Å². The first-order chi connectivity index (χ1) is 40.0. The van der Waals surface area contributed by atoms with Crippen molar-refractivity contribution in [1.82, 2.24) is 0 Å². The Labute approximate surface area is 505 Å². The number of rotatable bonds is 67. The van der Waals surface area contributed by atoms with Crippen LogP contribution in [0.1, 0.15) is 393 Å². The number of allylic oxidation sites excluding steroid dienone is 8. The van der Waals surface area contributed by atoms with Crippen molar-refractivity contribution in [2.24, 2.45) is 0 Å². The van der Waals surface area contributed by atoms with Crippen LogP contribution in [0.5, 0.6) is 0 Å². The van der Waals surface area contributed by atoms with Crippen molar-refractivity contribution in [3.63, 3.8) is 0 Å². The average Bonchev–Trinajstić information content (AvgIpc) is 3.47. The molecule has 474 valence electrons. The molecule has 0 aliphatic carbocycles. The standard InChI is InChI=1S/C75H138O6/c1-4-7-10-13-16-19-22-25-28-30-32-33-34-35-36-37-38-39-40-41-42-43-44-46-47-50-53-56-59-62-65-68-74(77)80-71-72(70-79-73(76)67-64-61-58-55-52-49-27-24-21-18-15-12-9-6-3)81-75(78)69-66-63-60-57-54-51-48-45-31-29-26-23-20-17-14-11-8-5-2/h15,18,20,23-24,27,29,31,72H,4-14,16-17,19,21-22,25-26,28,30,32-71H2,1-3H3/b18-15-,23-20-,27-24-,31-29-. The van der Waals surface area contributed by atoms with Crippen LogP contribution in [-0.2, 0) is 28.6 Å². The van der Waals surface area contributed by atoms with E-state index in [1.54, 1.807) is 0 Å². The molecule has 0 radical (unpaired) electrons. The van der Waals surface area contributed by atoms with E-state index in [1.165, 1.54) is 263 Å². The van der Waals surface area contributed by atoms with E-state index >= 15 is 0 Å². The van der Waals surface area contributed by atoms with Gasteiger partial charge in [0.1, 0.15) is 13.2 Å². The van der Waals surface area contributed by atoms with E-state index in [0.717, 1.165) is 89.9 Å². The number of hydrogen-bond donors (Lipinski definition) is 0. The van der Waals surface area contributed by atoms with Gasteiger partial charge in [-0.3, -0.25) is 14.4 Å². The highest BCUT2D eigenvalue weighted by atomic mass is 16.6. The lowest BCUT2D eigenvalue weighted by Crippen LogP contribution is -2.30. The summed E-state index contributed by atoms with van der Waals surface area (Å²) in [4.78, 5) is 38.4. The van der Waals surface area contributed by atoms with E-state index in [-0.39, 0.29) is 31.1 Å². The zero-order valence-corrected chi connectivity index (χ0v) is 54.6. The van der Waals surface area contributed by atoms with E-state index in [0.29, 0.717) is 19.3 Å². The lowest BCUT2D eigenvalue weighted by Gasteiger charge is -2.18. The molecule has 0 amide bonds. The van der Waals surface area contributed by atoms with E-state index in [1.807, 2.05) is 0 Å². The highest BCUT2D eigenvalue weighted by Crippen LogP contribution is 2.19. The first-order valence-electron chi connectivity index (χ1n) is 36.1. The number of unbranched alkanes of at least 4 members (excludes halogenated alkanes) is 48. The molecule has 0 fully saturated rings. The van der Waals surface area contributed by atoms with Crippen LogP contribution in [0.4, 0.5) is 0 Å². The van der Waals surface area contributed by atoms with Gasteiger partial charge in [-0.2, -0.15) is 0 Å². The lowest BCUT2D eigenvalue weighted by molar-refractivity contribution is -0.167. The molecule has 6 heteroatoms. The molecule has 0 saturated carbocycles. The van der Waals surface area contributed by atoms with Crippen LogP contribution in [0.3, 0.4) is 0 Å². The van der Waals surface area contributed by atoms with Gasteiger partial charge in [-0.05, 0) is 77.0 Å². The molecule has 0 aliphatic rings. The van der Waals surface area contributed by atoms with E-state index < -0.39 is 6.10 Å². The summed E-state index contributed by atoms with van der Waals surface area (Å²) in [6.45, 7) is 6.63. The largest absolute Gasteiger partial charge is 0.462 e. The van der Waals surface area contributed by atoms with Gasteiger partial charge in [0.15, 0.2) is 6.10 Å². The fourth-order valence-electron chi connectivity index (χ4n) is 10.8. The van der Waals surface area contributed by atoms with Crippen LogP contribution in [0.15, 0.2) is 48.6 Å². The lowest BCUT2D eigenvalue weighted by atomic mass is 10.0. The Hall–Kier alpha value is -2.63. The first kappa shape index (κ1) is 78.4. The van der Waals surface area contributed by atoms with Crippen molar-refractivity contribution in [3.05, 3.63) is 48.6 Å². The Balaban J connectivity index is 4.17. The Kier molecular flexibility index (Phi) is 67.6. The fourth-order valence-corrected chi connectivity index (χ4v) is 10.8. The second-order valence-corrected chi connectivity index (χ2v) is 24.5. The summed E-state index contributed by atoms with van der Waals surface area (Å²) in [6.07, 6.45) is 88.7. The Bertz CT molecular complexity index is 1400. The molecule has 0 aromatic rings. The molecule has 0 aromatic carbocycles. The molecular formula is C75H138O6. The third-order valence-electron chi connectivity index (χ3n) is 16.3. The monoisotopic (exact) mass is 1140 g/mol. The summed E-state index contributed by atoms with van der Waals surface area (Å²) in [6, 6.07) is 0. The SMILES string of the molecule is CCCC/C=C\C/C=C\CCCCCCCC(=O)OCC(COC(=O)CCCCCCCCCCCCCCCCCCCCCCCCCCCCCCCCC)OC(=O)CCCCCCCCC/C=C\C/C=C\CCCCCC.